The Kier molecular flexibility index (Phi) is 9.24. The maximum absolute atomic E-state index is 2.50. The third-order valence-electron chi connectivity index (χ3n) is 12.9. The van der Waals surface area contributed by atoms with E-state index < -0.39 is 0 Å². The van der Waals surface area contributed by atoms with E-state index >= 15 is 0 Å². The highest BCUT2D eigenvalue weighted by Crippen LogP contribution is 2.52. The van der Waals surface area contributed by atoms with Crippen LogP contribution in [0.3, 0.4) is 0 Å². The molecule has 1 aliphatic carbocycles. The van der Waals surface area contributed by atoms with Gasteiger partial charge in [0, 0.05) is 22.2 Å². The summed E-state index contributed by atoms with van der Waals surface area (Å²) in [5.41, 5.74) is 20.4. The molecule has 11 rings (SSSR count). The summed E-state index contributed by atoms with van der Waals surface area (Å²) in [5.74, 6) is 0. The van der Waals surface area contributed by atoms with Crippen LogP contribution in [0.5, 0.6) is 0 Å². The maximum atomic E-state index is 2.50. The highest BCUT2D eigenvalue weighted by Gasteiger charge is 2.35. The van der Waals surface area contributed by atoms with Crippen LogP contribution in [0.4, 0.5) is 17.1 Å². The Morgan fingerprint density at radius 3 is 1.58 bits per heavy atom. The lowest BCUT2D eigenvalue weighted by molar-refractivity contribution is 0.660. The number of hydrogen-bond donors (Lipinski definition) is 0. The first kappa shape index (κ1) is 37.3. The second-order valence-electron chi connectivity index (χ2n) is 16.9. The number of nitrogens with zero attached hydrogens (tertiary/aromatic N) is 1. The van der Waals surface area contributed by atoms with Gasteiger partial charge in [-0.3, -0.25) is 0 Å². The largest absolute Gasteiger partial charge is 0.309 e. The molecule has 10 aromatic carbocycles. The molecule has 0 aromatic heterocycles. The SMILES string of the molecule is CC1(C)c2ccccc2-c2ccc(-c3ccccc3N(c3ccc(-c4ccc5ccccc5c4)cc3)c3cccc(-c4ccccc4)c3-c3ccccc3-c3ccccc3)cc21. The summed E-state index contributed by atoms with van der Waals surface area (Å²) >= 11 is 0. The van der Waals surface area contributed by atoms with Gasteiger partial charge in [-0.15, -0.1) is 0 Å². The van der Waals surface area contributed by atoms with Crippen LogP contribution in [0.2, 0.25) is 0 Å². The van der Waals surface area contributed by atoms with E-state index in [-0.39, 0.29) is 5.41 Å². The number of fused-ring (bicyclic) bond motifs is 4. The number of hydrogen-bond acceptors (Lipinski definition) is 1. The number of para-hydroxylation sites is 1. The summed E-state index contributed by atoms with van der Waals surface area (Å²) in [4.78, 5) is 2.50. The molecule has 0 heterocycles. The fourth-order valence-electron chi connectivity index (χ4n) is 9.80. The molecule has 62 heavy (non-hydrogen) atoms. The van der Waals surface area contributed by atoms with Gasteiger partial charge < -0.3 is 4.90 Å². The molecule has 294 valence electrons. The molecule has 0 amide bonds. The third kappa shape index (κ3) is 6.42. The molecule has 0 N–H and O–H groups in total. The molecule has 0 fully saturated rings. The molecule has 0 radical (unpaired) electrons. The van der Waals surface area contributed by atoms with Crippen LogP contribution in [0, 0.1) is 0 Å². The molecule has 0 saturated carbocycles. The number of benzene rings is 10. The summed E-state index contributed by atoms with van der Waals surface area (Å²) in [6.45, 7) is 4.73. The van der Waals surface area contributed by atoms with Crippen molar-refractivity contribution in [1.82, 2.24) is 0 Å². The van der Waals surface area contributed by atoms with Gasteiger partial charge in [0.1, 0.15) is 0 Å². The van der Waals surface area contributed by atoms with Crippen LogP contribution in [-0.2, 0) is 5.41 Å². The van der Waals surface area contributed by atoms with Gasteiger partial charge in [-0.05, 0) is 114 Å². The average molecular weight is 792 g/mol. The molecule has 0 atom stereocenters. The van der Waals surface area contributed by atoms with Crippen LogP contribution < -0.4 is 4.90 Å². The van der Waals surface area contributed by atoms with E-state index in [1.807, 2.05) is 0 Å². The van der Waals surface area contributed by atoms with Crippen molar-refractivity contribution in [3.63, 3.8) is 0 Å². The standard InChI is InChI=1S/C61H45N/c1-61(2)56-29-15-13-26-53(56)54-39-36-48(41-57(54)61)51-25-14-16-30-58(51)62(49-37-34-43(35-38-49)47-33-32-42-18-9-10-23-46(42)40-47)59-31-17-28-52(45-21-7-4-8-22-45)60(59)55-27-12-11-24-50(55)44-19-5-3-6-20-44/h3-41H,1-2H3. The summed E-state index contributed by atoms with van der Waals surface area (Å²) in [6, 6.07) is 86.8. The fraction of sp³-hybridized carbons (Fsp3) is 0.0492. The van der Waals surface area contributed by atoms with Gasteiger partial charge in [-0.2, -0.15) is 0 Å². The van der Waals surface area contributed by atoms with Crippen LogP contribution >= 0.6 is 0 Å². The van der Waals surface area contributed by atoms with Crippen molar-refractivity contribution in [2.45, 2.75) is 19.3 Å². The lowest BCUT2D eigenvalue weighted by atomic mass is 9.81. The zero-order valence-corrected chi connectivity index (χ0v) is 35.0. The van der Waals surface area contributed by atoms with Crippen molar-refractivity contribution in [3.8, 4) is 66.8 Å². The summed E-state index contributed by atoms with van der Waals surface area (Å²) < 4.78 is 0. The molecule has 10 aromatic rings. The van der Waals surface area contributed by atoms with Gasteiger partial charge in [0.2, 0.25) is 0 Å². The van der Waals surface area contributed by atoms with E-state index in [4.69, 9.17) is 0 Å². The van der Waals surface area contributed by atoms with Crippen molar-refractivity contribution >= 4 is 27.8 Å². The first-order valence-corrected chi connectivity index (χ1v) is 21.6. The Morgan fingerprint density at radius 1 is 0.290 bits per heavy atom. The second kappa shape index (κ2) is 15.4. The van der Waals surface area contributed by atoms with E-state index in [0.29, 0.717) is 0 Å². The van der Waals surface area contributed by atoms with Crippen molar-refractivity contribution in [2.24, 2.45) is 0 Å². The van der Waals surface area contributed by atoms with E-state index in [1.165, 1.54) is 88.7 Å². The summed E-state index contributed by atoms with van der Waals surface area (Å²) in [6.07, 6.45) is 0. The Morgan fingerprint density at radius 2 is 0.823 bits per heavy atom. The summed E-state index contributed by atoms with van der Waals surface area (Å²) in [5, 5.41) is 2.49. The molecule has 1 aliphatic rings. The molecule has 0 aliphatic heterocycles. The quantitative estimate of drug-likeness (QED) is 0.148. The molecule has 0 unspecified atom stereocenters. The van der Waals surface area contributed by atoms with Crippen LogP contribution in [0.25, 0.3) is 77.5 Å². The van der Waals surface area contributed by atoms with Gasteiger partial charge in [0.15, 0.2) is 0 Å². The van der Waals surface area contributed by atoms with Crippen LogP contribution in [0.15, 0.2) is 237 Å². The zero-order valence-electron chi connectivity index (χ0n) is 35.0. The minimum absolute atomic E-state index is 0.118. The van der Waals surface area contributed by atoms with Crippen molar-refractivity contribution in [1.29, 1.82) is 0 Å². The molecule has 0 bridgehead atoms. The fourth-order valence-corrected chi connectivity index (χ4v) is 9.80. The first-order chi connectivity index (χ1) is 30.5. The lowest BCUT2D eigenvalue weighted by Gasteiger charge is -2.32. The minimum Gasteiger partial charge on any atom is -0.309 e. The van der Waals surface area contributed by atoms with E-state index in [1.54, 1.807) is 0 Å². The van der Waals surface area contributed by atoms with Crippen molar-refractivity contribution in [2.75, 3.05) is 4.90 Å². The van der Waals surface area contributed by atoms with Gasteiger partial charge in [0.25, 0.3) is 0 Å². The highest BCUT2D eigenvalue weighted by atomic mass is 15.1. The molecular weight excluding hydrogens is 747 g/mol. The van der Waals surface area contributed by atoms with Crippen LogP contribution in [-0.4, -0.2) is 0 Å². The van der Waals surface area contributed by atoms with Gasteiger partial charge in [-0.1, -0.05) is 214 Å². The molecule has 0 spiro atoms. The lowest BCUT2D eigenvalue weighted by Crippen LogP contribution is -2.15. The highest BCUT2D eigenvalue weighted by molar-refractivity contribution is 6.03. The molecule has 1 heteroatoms. The summed E-state index contributed by atoms with van der Waals surface area (Å²) in [7, 11) is 0. The predicted octanol–water partition coefficient (Wildman–Crippen LogP) is 17.0. The van der Waals surface area contributed by atoms with Crippen molar-refractivity contribution < 1.29 is 0 Å². The Labute approximate surface area is 364 Å². The monoisotopic (exact) mass is 791 g/mol. The normalized spacial score (nSPS) is 12.5. The third-order valence-corrected chi connectivity index (χ3v) is 12.9. The molecular formula is C61H45N. The smallest absolute Gasteiger partial charge is 0.0546 e. The van der Waals surface area contributed by atoms with E-state index in [2.05, 4.69) is 255 Å². The topological polar surface area (TPSA) is 3.24 Å². The van der Waals surface area contributed by atoms with E-state index in [0.717, 1.165) is 17.1 Å². The van der Waals surface area contributed by atoms with Crippen molar-refractivity contribution in [3.05, 3.63) is 248 Å². The Balaban J connectivity index is 1.16. The molecule has 0 saturated heterocycles. The average Bonchev–Trinajstić information content (AvgIpc) is 3.57. The second-order valence-corrected chi connectivity index (χ2v) is 16.9. The van der Waals surface area contributed by atoms with Crippen LogP contribution in [0.1, 0.15) is 25.0 Å². The minimum atomic E-state index is -0.118. The maximum Gasteiger partial charge on any atom is 0.0546 e. The van der Waals surface area contributed by atoms with Gasteiger partial charge in [-0.25, -0.2) is 0 Å². The number of anilines is 3. The Hall–Kier alpha value is -7.74. The zero-order chi connectivity index (χ0) is 41.6. The first-order valence-electron chi connectivity index (χ1n) is 21.6. The molecule has 1 nitrogen and oxygen atoms in total. The Bertz CT molecular complexity index is 3250. The number of rotatable bonds is 8. The van der Waals surface area contributed by atoms with E-state index in [9.17, 15) is 0 Å². The van der Waals surface area contributed by atoms with Gasteiger partial charge >= 0.3 is 0 Å². The van der Waals surface area contributed by atoms with Gasteiger partial charge in [0.05, 0.1) is 11.4 Å². The predicted molar refractivity (Wildman–Crippen MR) is 263 cm³/mol.